The first kappa shape index (κ1) is 18.3. The maximum atomic E-state index is 13.5. The van der Waals surface area contributed by atoms with Crippen LogP contribution in [0, 0.1) is 6.92 Å². The highest BCUT2D eigenvalue weighted by atomic mass is 16.2. The van der Waals surface area contributed by atoms with Crippen LogP contribution in [0.4, 0.5) is 10.5 Å². The van der Waals surface area contributed by atoms with Gasteiger partial charge in [0.25, 0.3) is 0 Å². The Morgan fingerprint density at radius 3 is 2.40 bits per heavy atom. The molecule has 2 amide bonds. The Morgan fingerprint density at radius 2 is 1.60 bits per heavy atom. The van der Waals surface area contributed by atoms with Crippen LogP contribution in [0.5, 0.6) is 0 Å². The average molecular weight is 393 g/mol. The van der Waals surface area contributed by atoms with Gasteiger partial charge in [-0.2, -0.15) is 0 Å². The van der Waals surface area contributed by atoms with Crippen molar-refractivity contribution in [3.63, 3.8) is 0 Å². The molecule has 0 saturated heterocycles. The van der Waals surface area contributed by atoms with E-state index in [1.54, 1.807) is 0 Å². The average Bonchev–Trinajstić information content (AvgIpc) is 3.20. The quantitative estimate of drug-likeness (QED) is 0.451. The third kappa shape index (κ3) is 3.26. The van der Waals surface area contributed by atoms with Crippen molar-refractivity contribution in [1.29, 1.82) is 0 Å². The van der Waals surface area contributed by atoms with Gasteiger partial charge in [0.05, 0.1) is 18.3 Å². The van der Waals surface area contributed by atoms with Crippen LogP contribution in [-0.2, 0) is 6.54 Å². The molecule has 1 aliphatic heterocycles. The van der Waals surface area contributed by atoms with E-state index in [0.717, 1.165) is 33.8 Å². The number of aryl methyl sites for hydroxylation is 1. The van der Waals surface area contributed by atoms with Crippen LogP contribution in [-0.4, -0.2) is 15.5 Å². The van der Waals surface area contributed by atoms with E-state index in [4.69, 9.17) is 0 Å². The Hall–Kier alpha value is -3.79. The molecule has 4 heteroatoms. The van der Waals surface area contributed by atoms with Crippen molar-refractivity contribution in [2.45, 2.75) is 19.5 Å². The number of hydrogen-bond acceptors (Lipinski definition) is 1. The summed E-state index contributed by atoms with van der Waals surface area (Å²) in [6.07, 6.45) is 2.07. The summed E-state index contributed by atoms with van der Waals surface area (Å²) in [4.78, 5) is 15.5. The number of nitrogens with zero attached hydrogens (tertiary/aromatic N) is 2. The molecule has 0 saturated carbocycles. The van der Waals surface area contributed by atoms with Crippen molar-refractivity contribution in [2.24, 2.45) is 0 Å². The number of nitrogens with one attached hydrogen (secondary N) is 1. The van der Waals surface area contributed by atoms with Gasteiger partial charge < -0.3 is 14.8 Å². The lowest BCUT2D eigenvalue weighted by molar-refractivity contribution is 0.194. The van der Waals surface area contributed by atoms with Gasteiger partial charge in [0.2, 0.25) is 0 Å². The molecule has 5 rings (SSSR count). The molecule has 1 N–H and O–H groups in total. The molecule has 1 aliphatic rings. The number of carbonyl (C=O) groups excluding carboxylic acids is 1. The molecule has 30 heavy (non-hydrogen) atoms. The molecule has 1 aromatic heterocycles. The molecule has 4 aromatic rings. The monoisotopic (exact) mass is 393 g/mol. The number of aromatic nitrogens is 1. The third-order valence-electron chi connectivity index (χ3n) is 5.64. The zero-order valence-corrected chi connectivity index (χ0v) is 16.8. The van der Waals surface area contributed by atoms with Gasteiger partial charge in [0.1, 0.15) is 0 Å². The van der Waals surface area contributed by atoms with Gasteiger partial charge in [0.15, 0.2) is 0 Å². The SMILES string of the molecule is Cc1ccc(NC(=O)N2Cc3ccccc3-n3cccc3C2c2ccccc2)cc1. The second-order valence-corrected chi connectivity index (χ2v) is 7.67. The predicted molar refractivity (Wildman–Crippen MR) is 120 cm³/mol. The zero-order chi connectivity index (χ0) is 20.5. The number of fused-ring (bicyclic) bond motifs is 3. The van der Waals surface area contributed by atoms with Crippen molar-refractivity contribution in [1.82, 2.24) is 9.47 Å². The van der Waals surface area contributed by atoms with Crippen molar-refractivity contribution < 1.29 is 4.79 Å². The zero-order valence-electron chi connectivity index (χ0n) is 16.8. The van der Waals surface area contributed by atoms with Crippen molar-refractivity contribution in [3.8, 4) is 5.69 Å². The van der Waals surface area contributed by atoms with E-state index in [-0.39, 0.29) is 12.1 Å². The summed E-state index contributed by atoms with van der Waals surface area (Å²) in [5, 5.41) is 3.10. The lowest BCUT2D eigenvalue weighted by atomic mass is 10.0. The number of anilines is 1. The van der Waals surface area contributed by atoms with E-state index in [2.05, 4.69) is 46.4 Å². The molecule has 2 heterocycles. The number of benzene rings is 3. The van der Waals surface area contributed by atoms with E-state index >= 15 is 0 Å². The Bertz CT molecular complexity index is 1180. The Morgan fingerprint density at radius 1 is 0.867 bits per heavy atom. The molecule has 0 bridgehead atoms. The molecule has 0 fully saturated rings. The van der Waals surface area contributed by atoms with E-state index in [1.165, 1.54) is 0 Å². The maximum absolute atomic E-state index is 13.5. The number of hydrogen-bond donors (Lipinski definition) is 1. The smallest absolute Gasteiger partial charge is 0.318 e. The van der Waals surface area contributed by atoms with Crippen LogP contribution in [0.25, 0.3) is 5.69 Å². The van der Waals surface area contributed by atoms with E-state index in [0.29, 0.717) is 6.54 Å². The number of amides is 2. The van der Waals surface area contributed by atoms with Crippen LogP contribution >= 0.6 is 0 Å². The molecule has 1 unspecified atom stereocenters. The van der Waals surface area contributed by atoms with Crippen molar-refractivity contribution >= 4 is 11.7 Å². The molecule has 148 valence electrons. The highest BCUT2D eigenvalue weighted by Gasteiger charge is 2.32. The molecule has 3 aromatic carbocycles. The van der Waals surface area contributed by atoms with Gasteiger partial charge in [-0.1, -0.05) is 66.2 Å². The van der Waals surface area contributed by atoms with Crippen LogP contribution in [0.3, 0.4) is 0 Å². The second kappa shape index (κ2) is 7.56. The molecule has 4 nitrogen and oxygen atoms in total. The van der Waals surface area contributed by atoms with E-state index < -0.39 is 0 Å². The standard InChI is InChI=1S/C26H23N3O/c1-19-13-15-22(16-14-19)27-26(30)29-18-21-10-5-6-11-23(21)28-17-7-12-24(28)25(29)20-8-3-2-4-9-20/h2-17,25H,18H2,1H3,(H,27,30). The van der Waals surface area contributed by atoms with Crippen LogP contribution in [0.2, 0.25) is 0 Å². The minimum absolute atomic E-state index is 0.114. The minimum atomic E-state index is -0.195. The highest BCUT2D eigenvalue weighted by molar-refractivity contribution is 5.90. The molecule has 0 aliphatic carbocycles. The summed E-state index contributed by atoms with van der Waals surface area (Å²) in [6, 6.07) is 30.3. The lowest BCUT2D eigenvalue weighted by Crippen LogP contribution is -2.37. The summed E-state index contributed by atoms with van der Waals surface area (Å²) in [6.45, 7) is 2.56. The summed E-state index contributed by atoms with van der Waals surface area (Å²) in [7, 11) is 0. The fourth-order valence-corrected chi connectivity index (χ4v) is 4.16. The lowest BCUT2D eigenvalue weighted by Gasteiger charge is -2.31. The predicted octanol–water partition coefficient (Wildman–Crippen LogP) is 5.92. The normalized spacial score (nSPS) is 15.1. The first-order valence-electron chi connectivity index (χ1n) is 10.2. The third-order valence-corrected chi connectivity index (χ3v) is 5.64. The van der Waals surface area contributed by atoms with Gasteiger partial charge in [-0.3, -0.25) is 0 Å². The van der Waals surface area contributed by atoms with Crippen LogP contribution in [0.15, 0.2) is 97.2 Å². The number of rotatable bonds is 2. The number of para-hydroxylation sites is 1. The van der Waals surface area contributed by atoms with Crippen molar-refractivity contribution in [2.75, 3.05) is 5.32 Å². The van der Waals surface area contributed by atoms with E-state index in [1.807, 2.05) is 72.5 Å². The topological polar surface area (TPSA) is 37.3 Å². The second-order valence-electron chi connectivity index (χ2n) is 7.67. The number of urea groups is 1. The maximum Gasteiger partial charge on any atom is 0.322 e. The Balaban J connectivity index is 1.62. The fraction of sp³-hybridized carbons (Fsp3) is 0.115. The van der Waals surface area contributed by atoms with Gasteiger partial charge in [-0.05, 0) is 48.4 Å². The summed E-state index contributed by atoms with van der Waals surface area (Å²) in [5.74, 6) is 0. The fourth-order valence-electron chi connectivity index (χ4n) is 4.16. The number of carbonyl (C=O) groups is 1. The summed E-state index contributed by atoms with van der Waals surface area (Å²) < 4.78 is 2.20. The molecular weight excluding hydrogens is 370 g/mol. The van der Waals surface area contributed by atoms with Gasteiger partial charge in [-0.15, -0.1) is 0 Å². The van der Waals surface area contributed by atoms with Crippen molar-refractivity contribution in [3.05, 3.63) is 120 Å². The molecule has 0 spiro atoms. The Kier molecular flexibility index (Phi) is 4.60. The van der Waals surface area contributed by atoms with Gasteiger partial charge >= 0.3 is 6.03 Å². The summed E-state index contributed by atoms with van der Waals surface area (Å²) >= 11 is 0. The Labute approximate surface area is 176 Å². The molecular formula is C26H23N3O. The van der Waals surface area contributed by atoms with Crippen LogP contribution < -0.4 is 5.32 Å². The first-order valence-corrected chi connectivity index (χ1v) is 10.2. The summed E-state index contributed by atoms with van der Waals surface area (Å²) in [5.41, 5.74) is 6.35. The highest BCUT2D eigenvalue weighted by Crippen LogP contribution is 2.36. The van der Waals surface area contributed by atoms with Gasteiger partial charge in [-0.25, -0.2) is 4.79 Å². The van der Waals surface area contributed by atoms with Gasteiger partial charge in [0, 0.05) is 17.6 Å². The minimum Gasteiger partial charge on any atom is -0.318 e. The molecule has 1 atom stereocenters. The molecule has 0 radical (unpaired) electrons. The first-order chi connectivity index (χ1) is 14.7. The van der Waals surface area contributed by atoms with Crippen LogP contribution in [0.1, 0.15) is 28.4 Å². The largest absolute Gasteiger partial charge is 0.322 e. The van der Waals surface area contributed by atoms with E-state index in [9.17, 15) is 4.79 Å².